The molecule has 0 unspecified atom stereocenters. The Morgan fingerprint density at radius 1 is 1.31 bits per heavy atom. The fourth-order valence-corrected chi connectivity index (χ4v) is 1.73. The van der Waals surface area contributed by atoms with Crippen molar-refractivity contribution < 1.29 is 8.78 Å². The molecule has 1 nitrogen and oxygen atoms in total. The maximum Gasteiger partial charge on any atom is 0.128 e. The Bertz CT molecular complexity index is 306. The highest BCUT2D eigenvalue weighted by Gasteiger charge is 2.19. The second-order valence-electron chi connectivity index (χ2n) is 3.31. The molecule has 70 valence electrons. The minimum Gasteiger partial charge on any atom is -0.310 e. The van der Waals surface area contributed by atoms with Crippen molar-refractivity contribution in [2.45, 2.75) is 18.9 Å². The Balaban J connectivity index is 2.32. The lowest BCUT2D eigenvalue weighted by Gasteiger charge is -2.11. The molecule has 1 saturated heterocycles. The summed E-state index contributed by atoms with van der Waals surface area (Å²) in [5.74, 6) is -0.689. The summed E-state index contributed by atoms with van der Waals surface area (Å²) in [6, 6.07) is 3.60. The van der Waals surface area contributed by atoms with Gasteiger partial charge in [0, 0.05) is 11.6 Å². The normalized spacial score (nSPS) is 22.2. The predicted molar refractivity (Wildman–Crippen MR) is 46.3 cm³/mol. The van der Waals surface area contributed by atoms with Gasteiger partial charge in [0.1, 0.15) is 11.6 Å². The number of hydrogen-bond acceptors (Lipinski definition) is 1. The van der Waals surface area contributed by atoms with E-state index in [-0.39, 0.29) is 17.7 Å². The molecule has 1 aromatic carbocycles. The fraction of sp³-hybridized carbons (Fsp3) is 0.400. The van der Waals surface area contributed by atoms with Crippen molar-refractivity contribution in [2.24, 2.45) is 0 Å². The maximum absolute atomic E-state index is 13.2. The first-order chi connectivity index (χ1) is 6.27. The van der Waals surface area contributed by atoms with Gasteiger partial charge in [0.05, 0.1) is 0 Å². The fourth-order valence-electron chi connectivity index (χ4n) is 1.73. The molecule has 0 spiro atoms. The maximum atomic E-state index is 13.2. The Morgan fingerprint density at radius 3 is 2.85 bits per heavy atom. The van der Waals surface area contributed by atoms with Crippen LogP contribution in [0, 0.1) is 11.6 Å². The van der Waals surface area contributed by atoms with Crippen molar-refractivity contribution in [1.29, 1.82) is 0 Å². The minimum atomic E-state index is -0.370. The van der Waals surface area contributed by atoms with E-state index in [2.05, 4.69) is 5.32 Å². The second kappa shape index (κ2) is 3.42. The molecule has 0 bridgehead atoms. The van der Waals surface area contributed by atoms with Crippen LogP contribution in [0.2, 0.25) is 0 Å². The van der Waals surface area contributed by atoms with Crippen LogP contribution in [-0.2, 0) is 0 Å². The highest BCUT2D eigenvalue weighted by Crippen LogP contribution is 2.25. The van der Waals surface area contributed by atoms with Gasteiger partial charge in [-0.15, -0.1) is 0 Å². The predicted octanol–water partition coefficient (Wildman–Crippen LogP) is 2.39. The number of rotatable bonds is 1. The molecule has 1 aliphatic rings. The van der Waals surface area contributed by atoms with Crippen LogP contribution in [0.5, 0.6) is 0 Å². The molecule has 3 heteroatoms. The number of hydrogen-bond donors (Lipinski definition) is 1. The zero-order valence-corrected chi connectivity index (χ0v) is 7.19. The molecule has 13 heavy (non-hydrogen) atoms. The van der Waals surface area contributed by atoms with Crippen LogP contribution in [0.25, 0.3) is 0 Å². The highest BCUT2D eigenvalue weighted by atomic mass is 19.1. The molecule has 2 rings (SSSR count). The third kappa shape index (κ3) is 1.70. The van der Waals surface area contributed by atoms with E-state index in [1.165, 1.54) is 12.1 Å². The average Bonchev–Trinajstić information content (AvgIpc) is 2.61. The standard InChI is InChI=1S/C10H11F2N/c11-7-3-4-9(12)8(6-7)10-2-1-5-13-10/h3-4,6,10,13H,1-2,5H2/t10-/m0/s1. The van der Waals surface area contributed by atoms with E-state index in [9.17, 15) is 8.78 Å². The van der Waals surface area contributed by atoms with Crippen LogP contribution >= 0.6 is 0 Å². The Morgan fingerprint density at radius 2 is 2.15 bits per heavy atom. The second-order valence-corrected chi connectivity index (χ2v) is 3.31. The van der Waals surface area contributed by atoms with Crippen LogP contribution in [0.1, 0.15) is 24.4 Å². The van der Waals surface area contributed by atoms with E-state index in [0.717, 1.165) is 25.5 Å². The number of benzene rings is 1. The topological polar surface area (TPSA) is 12.0 Å². The van der Waals surface area contributed by atoms with Gasteiger partial charge < -0.3 is 5.32 Å². The third-order valence-corrected chi connectivity index (χ3v) is 2.39. The molecule has 1 heterocycles. The Labute approximate surface area is 75.8 Å². The highest BCUT2D eigenvalue weighted by molar-refractivity contribution is 5.23. The molecular formula is C10H11F2N. The van der Waals surface area contributed by atoms with E-state index < -0.39 is 0 Å². The van der Waals surface area contributed by atoms with Crippen LogP contribution in [0.3, 0.4) is 0 Å². The lowest BCUT2D eigenvalue weighted by Crippen LogP contribution is -2.14. The summed E-state index contributed by atoms with van der Waals surface area (Å²) in [5.41, 5.74) is 0.456. The molecule has 1 N–H and O–H groups in total. The summed E-state index contributed by atoms with van der Waals surface area (Å²) < 4.78 is 26.0. The van der Waals surface area contributed by atoms with Crippen molar-refractivity contribution in [2.75, 3.05) is 6.54 Å². The summed E-state index contributed by atoms with van der Waals surface area (Å²) in [5, 5.41) is 3.13. The summed E-state index contributed by atoms with van der Waals surface area (Å²) in [7, 11) is 0. The van der Waals surface area contributed by atoms with Crippen LogP contribution in [0.4, 0.5) is 8.78 Å². The minimum absolute atomic E-state index is 0.00398. The molecule has 1 atom stereocenters. The van der Waals surface area contributed by atoms with Gasteiger partial charge in [-0.25, -0.2) is 8.78 Å². The summed E-state index contributed by atoms with van der Waals surface area (Å²) >= 11 is 0. The van der Waals surface area contributed by atoms with Gasteiger partial charge in [-0.05, 0) is 37.6 Å². The number of nitrogens with one attached hydrogen (secondary N) is 1. The summed E-state index contributed by atoms with van der Waals surface area (Å²) in [4.78, 5) is 0. The van der Waals surface area contributed by atoms with Gasteiger partial charge in [0.25, 0.3) is 0 Å². The number of halogens is 2. The molecule has 0 aliphatic carbocycles. The summed E-state index contributed by atoms with van der Waals surface area (Å²) in [6.07, 6.45) is 1.92. The van der Waals surface area contributed by atoms with Crippen LogP contribution in [-0.4, -0.2) is 6.54 Å². The average molecular weight is 183 g/mol. The Hall–Kier alpha value is -0.960. The first kappa shape index (κ1) is 8.63. The van der Waals surface area contributed by atoms with E-state index in [1.807, 2.05) is 0 Å². The SMILES string of the molecule is Fc1ccc(F)c([C@@H]2CCCN2)c1. The van der Waals surface area contributed by atoms with E-state index in [0.29, 0.717) is 5.56 Å². The molecule has 1 aromatic rings. The van der Waals surface area contributed by atoms with Gasteiger partial charge in [0.2, 0.25) is 0 Å². The van der Waals surface area contributed by atoms with E-state index in [1.54, 1.807) is 0 Å². The molecular weight excluding hydrogens is 172 g/mol. The summed E-state index contributed by atoms with van der Waals surface area (Å²) in [6.45, 7) is 0.890. The van der Waals surface area contributed by atoms with Gasteiger partial charge >= 0.3 is 0 Å². The zero-order valence-electron chi connectivity index (χ0n) is 7.19. The third-order valence-electron chi connectivity index (χ3n) is 2.39. The molecule has 0 saturated carbocycles. The van der Waals surface area contributed by atoms with Crippen LogP contribution in [0.15, 0.2) is 18.2 Å². The molecule has 1 fully saturated rings. The van der Waals surface area contributed by atoms with E-state index in [4.69, 9.17) is 0 Å². The van der Waals surface area contributed by atoms with Crippen molar-refractivity contribution >= 4 is 0 Å². The van der Waals surface area contributed by atoms with Crippen molar-refractivity contribution in [3.63, 3.8) is 0 Å². The first-order valence-electron chi connectivity index (χ1n) is 4.46. The van der Waals surface area contributed by atoms with Gasteiger partial charge in [0.15, 0.2) is 0 Å². The van der Waals surface area contributed by atoms with E-state index >= 15 is 0 Å². The first-order valence-corrected chi connectivity index (χ1v) is 4.46. The molecule has 1 aliphatic heterocycles. The smallest absolute Gasteiger partial charge is 0.128 e. The molecule has 0 aromatic heterocycles. The van der Waals surface area contributed by atoms with Crippen molar-refractivity contribution in [3.05, 3.63) is 35.4 Å². The van der Waals surface area contributed by atoms with Crippen LogP contribution < -0.4 is 5.32 Å². The molecule has 0 radical (unpaired) electrons. The molecule has 0 amide bonds. The quantitative estimate of drug-likeness (QED) is 0.704. The van der Waals surface area contributed by atoms with Gasteiger partial charge in [-0.1, -0.05) is 0 Å². The van der Waals surface area contributed by atoms with Gasteiger partial charge in [-0.2, -0.15) is 0 Å². The lowest BCUT2D eigenvalue weighted by molar-refractivity contribution is 0.543. The van der Waals surface area contributed by atoms with Gasteiger partial charge in [-0.3, -0.25) is 0 Å². The lowest BCUT2D eigenvalue weighted by atomic mass is 10.0. The monoisotopic (exact) mass is 183 g/mol. The van der Waals surface area contributed by atoms with Crippen molar-refractivity contribution in [3.8, 4) is 0 Å². The Kier molecular flexibility index (Phi) is 2.27. The largest absolute Gasteiger partial charge is 0.310 e. The zero-order chi connectivity index (χ0) is 9.26. The van der Waals surface area contributed by atoms with Crippen molar-refractivity contribution in [1.82, 2.24) is 5.32 Å².